The summed E-state index contributed by atoms with van der Waals surface area (Å²) >= 11 is 4.77. The first-order chi connectivity index (χ1) is 7.66. The molecule has 0 atom stereocenters. The molecule has 88 valence electrons. The van der Waals surface area contributed by atoms with Gasteiger partial charge in [-0.05, 0) is 12.1 Å². The fourth-order valence-corrected chi connectivity index (χ4v) is 1.45. The van der Waals surface area contributed by atoms with Gasteiger partial charge in [-0.25, -0.2) is 4.39 Å². The molecular weight excluding hydrogens is 229 g/mol. The van der Waals surface area contributed by atoms with Gasteiger partial charge < -0.3 is 15.2 Å². The van der Waals surface area contributed by atoms with E-state index in [1.807, 2.05) is 0 Å². The van der Waals surface area contributed by atoms with Gasteiger partial charge in [0.1, 0.15) is 16.6 Å². The van der Waals surface area contributed by atoms with Crippen molar-refractivity contribution in [3.8, 4) is 5.75 Å². The second-order valence-corrected chi connectivity index (χ2v) is 3.61. The van der Waals surface area contributed by atoms with Crippen LogP contribution in [0.25, 0.3) is 0 Å². The van der Waals surface area contributed by atoms with Crippen LogP contribution in [-0.2, 0) is 4.74 Å². The number of ether oxygens (including phenoxy) is 2. The molecule has 5 heteroatoms. The maximum absolute atomic E-state index is 13.4. The van der Waals surface area contributed by atoms with Gasteiger partial charge in [0, 0.05) is 20.1 Å². The van der Waals surface area contributed by atoms with E-state index >= 15 is 0 Å². The van der Waals surface area contributed by atoms with Gasteiger partial charge in [-0.3, -0.25) is 0 Å². The third kappa shape index (κ3) is 3.43. The van der Waals surface area contributed by atoms with Gasteiger partial charge in [0.25, 0.3) is 0 Å². The van der Waals surface area contributed by atoms with Gasteiger partial charge in [-0.15, -0.1) is 0 Å². The Kier molecular flexibility index (Phi) is 5.14. The van der Waals surface area contributed by atoms with E-state index in [9.17, 15) is 4.39 Å². The summed E-state index contributed by atoms with van der Waals surface area (Å²) in [5, 5.41) is 0. The summed E-state index contributed by atoms with van der Waals surface area (Å²) in [7, 11) is 1.61. The molecule has 0 aliphatic carbocycles. The number of halogens is 1. The van der Waals surface area contributed by atoms with Gasteiger partial charge in [-0.1, -0.05) is 18.3 Å². The molecule has 0 spiro atoms. The van der Waals surface area contributed by atoms with E-state index in [-0.39, 0.29) is 10.6 Å². The lowest BCUT2D eigenvalue weighted by Crippen LogP contribution is -2.14. The van der Waals surface area contributed by atoms with Crippen molar-refractivity contribution >= 4 is 17.2 Å². The van der Waals surface area contributed by atoms with Crippen molar-refractivity contribution in [2.24, 2.45) is 5.73 Å². The number of methoxy groups -OCH3 is 1. The predicted molar refractivity (Wildman–Crippen MR) is 64.3 cm³/mol. The molecule has 0 unspecified atom stereocenters. The lowest BCUT2D eigenvalue weighted by molar-refractivity contribution is 0.172. The van der Waals surface area contributed by atoms with Crippen LogP contribution < -0.4 is 10.5 Å². The van der Waals surface area contributed by atoms with Crippen LogP contribution in [-0.4, -0.2) is 25.3 Å². The first-order valence-corrected chi connectivity index (χ1v) is 5.27. The third-order valence-electron chi connectivity index (χ3n) is 1.97. The lowest BCUT2D eigenvalue weighted by atomic mass is 10.2. The van der Waals surface area contributed by atoms with Crippen LogP contribution in [0.15, 0.2) is 18.2 Å². The molecule has 0 bridgehead atoms. The molecule has 16 heavy (non-hydrogen) atoms. The quantitative estimate of drug-likeness (QED) is 0.612. The van der Waals surface area contributed by atoms with Crippen molar-refractivity contribution in [2.75, 3.05) is 20.3 Å². The standard InChI is InChI=1S/C11H14FNO2S/c1-14-6-3-7-15-9-5-2-4-8(12)10(9)11(13)16/h2,4-5H,3,6-7H2,1H3,(H2,13,16). The highest BCUT2D eigenvalue weighted by Crippen LogP contribution is 2.21. The molecule has 0 aliphatic rings. The molecule has 0 fully saturated rings. The number of hydrogen-bond donors (Lipinski definition) is 1. The Morgan fingerprint density at radius 2 is 2.19 bits per heavy atom. The highest BCUT2D eigenvalue weighted by Gasteiger charge is 2.11. The number of thiocarbonyl (C=S) groups is 1. The molecule has 3 nitrogen and oxygen atoms in total. The molecule has 2 N–H and O–H groups in total. The first-order valence-electron chi connectivity index (χ1n) is 4.87. The second-order valence-electron chi connectivity index (χ2n) is 3.17. The molecule has 0 amide bonds. The van der Waals surface area contributed by atoms with E-state index in [1.54, 1.807) is 19.2 Å². The van der Waals surface area contributed by atoms with Crippen molar-refractivity contribution < 1.29 is 13.9 Å². The number of hydrogen-bond acceptors (Lipinski definition) is 3. The van der Waals surface area contributed by atoms with E-state index in [0.717, 1.165) is 6.42 Å². The summed E-state index contributed by atoms with van der Waals surface area (Å²) in [6.45, 7) is 1.03. The van der Waals surface area contributed by atoms with E-state index in [4.69, 9.17) is 27.4 Å². The van der Waals surface area contributed by atoms with Crippen LogP contribution in [0.4, 0.5) is 4.39 Å². The molecule has 1 aromatic rings. The number of nitrogens with two attached hydrogens (primary N) is 1. The lowest BCUT2D eigenvalue weighted by Gasteiger charge is -2.10. The molecule has 1 rings (SSSR count). The van der Waals surface area contributed by atoms with Crippen molar-refractivity contribution in [1.82, 2.24) is 0 Å². The molecule has 0 aliphatic heterocycles. The van der Waals surface area contributed by atoms with Crippen molar-refractivity contribution in [2.45, 2.75) is 6.42 Å². The average Bonchev–Trinajstić information content (AvgIpc) is 2.24. The fraction of sp³-hybridized carbons (Fsp3) is 0.364. The second kappa shape index (κ2) is 6.40. The van der Waals surface area contributed by atoms with Crippen molar-refractivity contribution in [1.29, 1.82) is 0 Å². The average molecular weight is 243 g/mol. The van der Waals surface area contributed by atoms with Crippen LogP contribution >= 0.6 is 12.2 Å². The Morgan fingerprint density at radius 1 is 1.44 bits per heavy atom. The highest BCUT2D eigenvalue weighted by molar-refractivity contribution is 7.80. The SMILES string of the molecule is COCCCOc1cccc(F)c1C(N)=S. The molecule has 0 heterocycles. The minimum Gasteiger partial charge on any atom is -0.493 e. The Labute approximate surface area is 99.3 Å². The first kappa shape index (κ1) is 12.9. The van der Waals surface area contributed by atoms with Gasteiger partial charge in [0.2, 0.25) is 0 Å². The van der Waals surface area contributed by atoms with Gasteiger partial charge in [0.05, 0.1) is 12.2 Å². The third-order valence-corrected chi connectivity index (χ3v) is 2.18. The fourth-order valence-electron chi connectivity index (χ4n) is 1.25. The van der Waals surface area contributed by atoms with E-state index in [2.05, 4.69) is 0 Å². The Morgan fingerprint density at radius 3 is 2.81 bits per heavy atom. The number of rotatable bonds is 6. The Balaban J connectivity index is 2.71. The Hall–Kier alpha value is -1.20. The van der Waals surface area contributed by atoms with Crippen molar-refractivity contribution in [3.63, 3.8) is 0 Å². The van der Waals surface area contributed by atoms with E-state index < -0.39 is 5.82 Å². The molecule has 0 saturated heterocycles. The normalized spacial score (nSPS) is 10.1. The smallest absolute Gasteiger partial charge is 0.137 e. The molecule has 0 radical (unpaired) electrons. The van der Waals surface area contributed by atoms with Gasteiger partial charge in [-0.2, -0.15) is 0 Å². The van der Waals surface area contributed by atoms with Crippen LogP contribution in [0.2, 0.25) is 0 Å². The summed E-state index contributed by atoms with van der Waals surface area (Å²) in [5.41, 5.74) is 5.59. The predicted octanol–water partition coefficient (Wildman–Crippen LogP) is 1.88. The van der Waals surface area contributed by atoms with Crippen LogP contribution in [0.3, 0.4) is 0 Å². The zero-order valence-electron chi connectivity index (χ0n) is 9.03. The van der Waals surface area contributed by atoms with Crippen LogP contribution in [0, 0.1) is 5.82 Å². The maximum atomic E-state index is 13.4. The molecule has 0 saturated carbocycles. The maximum Gasteiger partial charge on any atom is 0.137 e. The summed E-state index contributed by atoms with van der Waals surface area (Å²) in [5.74, 6) is -0.0830. The number of benzene rings is 1. The molecule has 1 aromatic carbocycles. The van der Waals surface area contributed by atoms with Crippen LogP contribution in [0.1, 0.15) is 12.0 Å². The molecule has 0 aromatic heterocycles. The topological polar surface area (TPSA) is 44.5 Å². The zero-order chi connectivity index (χ0) is 12.0. The summed E-state index contributed by atoms with van der Waals surface area (Å²) in [4.78, 5) is -0.000147. The highest BCUT2D eigenvalue weighted by atomic mass is 32.1. The molecular formula is C11H14FNO2S. The van der Waals surface area contributed by atoms with E-state index in [1.165, 1.54) is 6.07 Å². The largest absolute Gasteiger partial charge is 0.493 e. The van der Waals surface area contributed by atoms with E-state index in [0.29, 0.717) is 19.0 Å². The summed E-state index contributed by atoms with van der Waals surface area (Å²) in [6.07, 6.45) is 0.726. The van der Waals surface area contributed by atoms with Gasteiger partial charge in [0.15, 0.2) is 0 Å². The van der Waals surface area contributed by atoms with Crippen LogP contribution in [0.5, 0.6) is 5.75 Å². The monoisotopic (exact) mass is 243 g/mol. The Bertz CT molecular complexity index is 371. The minimum atomic E-state index is -0.461. The summed E-state index contributed by atoms with van der Waals surface area (Å²) in [6, 6.07) is 4.50. The minimum absolute atomic E-state index is 0.000147. The zero-order valence-corrected chi connectivity index (χ0v) is 9.85. The van der Waals surface area contributed by atoms with Gasteiger partial charge >= 0.3 is 0 Å². The summed E-state index contributed by atoms with van der Waals surface area (Å²) < 4.78 is 23.7. The van der Waals surface area contributed by atoms with Crippen molar-refractivity contribution in [3.05, 3.63) is 29.6 Å².